The SMILES string of the molecule is CCOC(=O)c1ccc(Oc2ccc(C(C)(C)C)cc2C)nc1. The lowest BCUT2D eigenvalue weighted by Gasteiger charge is -2.20. The molecule has 2 rings (SSSR count). The second-order valence-electron chi connectivity index (χ2n) is 6.44. The Morgan fingerprint density at radius 3 is 2.43 bits per heavy atom. The molecule has 0 aliphatic carbocycles. The molecule has 0 unspecified atom stereocenters. The highest BCUT2D eigenvalue weighted by Gasteiger charge is 2.15. The number of rotatable bonds is 4. The summed E-state index contributed by atoms with van der Waals surface area (Å²) in [6.45, 7) is 10.7. The van der Waals surface area contributed by atoms with Crippen LogP contribution in [0.1, 0.15) is 49.2 Å². The first-order chi connectivity index (χ1) is 10.8. The normalized spacial score (nSPS) is 11.2. The molecule has 0 amide bonds. The Morgan fingerprint density at radius 2 is 1.91 bits per heavy atom. The molecular weight excluding hydrogens is 290 g/mol. The molecule has 1 aromatic carbocycles. The maximum Gasteiger partial charge on any atom is 0.339 e. The third-order valence-corrected chi connectivity index (χ3v) is 3.50. The third kappa shape index (κ3) is 4.31. The van der Waals surface area contributed by atoms with Crippen molar-refractivity contribution in [3.05, 3.63) is 53.2 Å². The molecule has 1 aromatic heterocycles. The number of ether oxygens (including phenoxy) is 2. The van der Waals surface area contributed by atoms with Crippen molar-refractivity contribution >= 4 is 5.97 Å². The second kappa shape index (κ2) is 6.82. The first-order valence-electron chi connectivity index (χ1n) is 7.73. The van der Waals surface area contributed by atoms with Gasteiger partial charge in [-0.3, -0.25) is 0 Å². The summed E-state index contributed by atoms with van der Waals surface area (Å²) in [5.74, 6) is 0.830. The van der Waals surface area contributed by atoms with Gasteiger partial charge in [0.05, 0.1) is 12.2 Å². The molecule has 23 heavy (non-hydrogen) atoms. The molecule has 0 N–H and O–H groups in total. The van der Waals surface area contributed by atoms with E-state index in [1.165, 1.54) is 11.8 Å². The Kier molecular flexibility index (Phi) is 5.04. The van der Waals surface area contributed by atoms with Crippen molar-refractivity contribution in [3.63, 3.8) is 0 Å². The summed E-state index contributed by atoms with van der Waals surface area (Å²) in [6.07, 6.45) is 1.46. The van der Waals surface area contributed by atoms with Gasteiger partial charge >= 0.3 is 5.97 Å². The minimum absolute atomic E-state index is 0.100. The van der Waals surface area contributed by atoms with Crippen LogP contribution >= 0.6 is 0 Å². The predicted octanol–water partition coefficient (Wildman–Crippen LogP) is 4.66. The van der Waals surface area contributed by atoms with Crippen LogP contribution in [0.15, 0.2) is 36.5 Å². The van der Waals surface area contributed by atoms with Crippen LogP contribution < -0.4 is 4.74 Å². The highest BCUT2D eigenvalue weighted by molar-refractivity contribution is 5.89. The van der Waals surface area contributed by atoms with Gasteiger partial charge < -0.3 is 9.47 Å². The summed E-state index contributed by atoms with van der Waals surface area (Å²) >= 11 is 0. The van der Waals surface area contributed by atoms with E-state index in [2.05, 4.69) is 37.9 Å². The lowest BCUT2D eigenvalue weighted by atomic mass is 9.86. The second-order valence-corrected chi connectivity index (χ2v) is 6.44. The van der Waals surface area contributed by atoms with E-state index in [-0.39, 0.29) is 11.4 Å². The number of carbonyl (C=O) groups is 1. The topological polar surface area (TPSA) is 48.4 Å². The zero-order valence-corrected chi connectivity index (χ0v) is 14.3. The fraction of sp³-hybridized carbons (Fsp3) is 0.368. The number of esters is 1. The highest BCUT2D eigenvalue weighted by atomic mass is 16.5. The summed E-state index contributed by atoms with van der Waals surface area (Å²) < 4.78 is 10.7. The Bertz CT molecular complexity index is 685. The van der Waals surface area contributed by atoms with Gasteiger partial charge in [-0.1, -0.05) is 32.9 Å². The van der Waals surface area contributed by atoms with Gasteiger partial charge in [-0.2, -0.15) is 0 Å². The number of aryl methyl sites for hydroxylation is 1. The van der Waals surface area contributed by atoms with Crippen molar-refractivity contribution in [2.45, 2.75) is 40.0 Å². The Hall–Kier alpha value is -2.36. The maximum atomic E-state index is 11.6. The van der Waals surface area contributed by atoms with Gasteiger partial charge in [-0.15, -0.1) is 0 Å². The van der Waals surface area contributed by atoms with Crippen LogP contribution in [0.25, 0.3) is 0 Å². The quantitative estimate of drug-likeness (QED) is 0.770. The molecule has 1 heterocycles. The zero-order valence-electron chi connectivity index (χ0n) is 14.3. The summed E-state index contributed by atoms with van der Waals surface area (Å²) in [7, 11) is 0. The van der Waals surface area contributed by atoms with Crippen molar-refractivity contribution in [1.29, 1.82) is 0 Å². The Labute approximate surface area is 137 Å². The molecule has 0 aliphatic rings. The van der Waals surface area contributed by atoms with Crippen LogP contribution in [0.2, 0.25) is 0 Å². The van der Waals surface area contributed by atoms with Crippen molar-refractivity contribution in [2.24, 2.45) is 0 Å². The van der Waals surface area contributed by atoms with Gasteiger partial charge in [-0.25, -0.2) is 9.78 Å². The van der Waals surface area contributed by atoms with Crippen LogP contribution in [0.3, 0.4) is 0 Å². The lowest BCUT2D eigenvalue weighted by molar-refractivity contribution is 0.0526. The largest absolute Gasteiger partial charge is 0.462 e. The molecule has 2 aromatic rings. The monoisotopic (exact) mass is 313 g/mol. The molecule has 0 fully saturated rings. The summed E-state index contributed by atoms with van der Waals surface area (Å²) in [5, 5.41) is 0. The van der Waals surface area contributed by atoms with Crippen LogP contribution in [0.5, 0.6) is 11.6 Å². The van der Waals surface area contributed by atoms with E-state index in [9.17, 15) is 4.79 Å². The standard InChI is InChI=1S/C19H23NO3/c1-6-22-18(21)14-7-10-17(20-12-14)23-16-9-8-15(11-13(16)2)19(3,4)5/h7-12H,6H2,1-5H3. The zero-order chi connectivity index (χ0) is 17.0. The highest BCUT2D eigenvalue weighted by Crippen LogP contribution is 2.29. The molecule has 4 nitrogen and oxygen atoms in total. The molecule has 0 radical (unpaired) electrons. The predicted molar refractivity (Wildman–Crippen MR) is 90.1 cm³/mol. The Morgan fingerprint density at radius 1 is 1.17 bits per heavy atom. The van der Waals surface area contributed by atoms with Crippen molar-refractivity contribution in [1.82, 2.24) is 4.98 Å². The van der Waals surface area contributed by atoms with Gasteiger partial charge in [0.1, 0.15) is 5.75 Å². The van der Waals surface area contributed by atoms with Crippen LogP contribution in [0, 0.1) is 6.92 Å². The summed E-state index contributed by atoms with van der Waals surface area (Å²) in [5.41, 5.74) is 2.82. The third-order valence-electron chi connectivity index (χ3n) is 3.50. The minimum atomic E-state index is -0.378. The van der Waals surface area contributed by atoms with E-state index in [1.807, 2.05) is 13.0 Å². The van der Waals surface area contributed by atoms with E-state index in [0.29, 0.717) is 18.1 Å². The summed E-state index contributed by atoms with van der Waals surface area (Å²) in [6, 6.07) is 9.47. The average Bonchev–Trinajstić information content (AvgIpc) is 2.49. The number of aromatic nitrogens is 1. The van der Waals surface area contributed by atoms with Crippen molar-refractivity contribution in [3.8, 4) is 11.6 Å². The van der Waals surface area contributed by atoms with Crippen molar-refractivity contribution < 1.29 is 14.3 Å². The van der Waals surface area contributed by atoms with E-state index in [0.717, 1.165) is 11.3 Å². The van der Waals surface area contributed by atoms with Crippen LogP contribution in [-0.2, 0) is 10.2 Å². The van der Waals surface area contributed by atoms with Gasteiger partial charge in [0, 0.05) is 12.3 Å². The molecule has 0 atom stereocenters. The van der Waals surface area contributed by atoms with Gasteiger partial charge in [-0.05, 0) is 42.5 Å². The number of nitrogens with zero attached hydrogens (tertiary/aromatic N) is 1. The fourth-order valence-electron chi connectivity index (χ4n) is 2.12. The first kappa shape index (κ1) is 17.0. The number of carbonyl (C=O) groups excluding carboxylic acids is 1. The molecular formula is C19H23NO3. The number of pyridine rings is 1. The minimum Gasteiger partial charge on any atom is -0.462 e. The van der Waals surface area contributed by atoms with Gasteiger partial charge in [0.2, 0.25) is 5.88 Å². The average molecular weight is 313 g/mol. The number of hydrogen-bond donors (Lipinski definition) is 0. The van der Waals surface area contributed by atoms with E-state index >= 15 is 0 Å². The fourth-order valence-corrected chi connectivity index (χ4v) is 2.12. The molecule has 4 heteroatoms. The smallest absolute Gasteiger partial charge is 0.339 e. The van der Waals surface area contributed by atoms with E-state index in [4.69, 9.17) is 9.47 Å². The summed E-state index contributed by atoms with van der Waals surface area (Å²) in [4.78, 5) is 15.8. The van der Waals surface area contributed by atoms with Gasteiger partial charge in [0.15, 0.2) is 0 Å². The maximum absolute atomic E-state index is 11.6. The first-order valence-corrected chi connectivity index (χ1v) is 7.73. The molecule has 0 saturated heterocycles. The lowest BCUT2D eigenvalue weighted by Crippen LogP contribution is -2.11. The van der Waals surface area contributed by atoms with Crippen LogP contribution in [-0.4, -0.2) is 17.6 Å². The number of benzene rings is 1. The number of hydrogen-bond acceptors (Lipinski definition) is 4. The molecule has 0 saturated carbocycles. The molecule has 0 bridgehead atoms. The molecule has 0 aliphatic heterocycles. The van der Waals surface area contributed by atoms with E-state index < -0.39 is 0 Å². The van der Waals surface area contributed by atoms with Gasteiger partial charge in [0.25, 0.3) is 0 Å². The van der Waals surface area contributed by atoms with E-state index in [1.54, 1.807) is 19.1 Å². The molecule has 0 spiro atoms. The Balaban J connectivity index is 2.15. The molecule has 122 valence electrons. The van der Waals surface area contributed by atoms with Crippen LogP contribution in [0.4, 0.5) is 0 Å². The van der Waals surface area contributed by atoms with Crippen molar-refractivity contribution in [2.75, 3.05) is 6.61 Å².